The van der Waals surface area contributed by atoms with Gasteiger partial charge in [0, 0.05) is 43.5 Å². The molecule has 0 unspecified atom stereocenters. The highest BCUT2D eigenvalue weighted by atomic mass is 35.5. The van der Waals surface area contributed by atoms with E-state index < -0.39 is 50.2 Å². The molecule has 1 aliphatic rings. The van der Waals surface area contributed by atoms with Gasteiger partial charge in [0.1, 0.15) is 11.6 Å². The maximum Gasteiger partial charge on any atom is 0.123 e. The Labute approximate surface area is 212 Å². The number of nitrogens with zero attached hydrogens (tertiary/aromatic N) is 2. The van der Waals surface area contributed by atoms with Gasteiger partial charge in [-0.3, -0.25) is 9.80 Å². The molecule has 0 spiro atoms. The summed E-state index contributed by atoms with van der Waals surface area (Å²) < 4.78 is 97.9. The Morgan fingerprint density at radius 2 is 1.25 bits per heavy atom. The van der Waals surface area contributed by atoms with E-state index in [1.54, 1.807) is 30.3 Å². The molecule has 32 heavy (non-hydrogen) atoms. The molecule has 0 amide bonds. The minimum Gasteiger partial charge on any atom is -0.297 e. The Bertz CT molecular complexity index is 1220. The molecule has 0 radical (unpaired) electrons. The number of hydrogen-bond acceptors (Lipinski definition) is 2. The van der Waals surface area contributed by atoms with E-state index in [0.29, 0.717) is 9.80 Å². The normalized spacial score (nSPS) is 24.8. The standard InChI is InChI=1S/C26H26F2N2.2ClH/c27-24-12-8-22(9-13-24)26(23-10-14-25(28)15-11-23)30-19-17-29(18-20-30)16-4-7-21-5-2-1-3-6-21;;/h1-15,26H,16-20H2;2*1H/b7-4+;;/i17D2,18D2,19D2,20D2;;. The van der Waals surface area contributed by atoms with Gasteiger partial charge in [-0.1, -0.05) is 66.7 Å². The first-order chi connectivity index (χ1) is 17.7. The van der Waals surface area contributed by atoms with Crippen molar-refractivity contribution < 1.29 is 19.7 Å². The van der Waals surface area contributed by atoms with Crippen LogP contribution in [0.25, 0.3) is 6.08 Å². The number of rotatable bonds is 6. The summed E-state index contributed by atoms with van der Waals surface area (Å²) in [4.78, 5) is 1.03. The third kappa shape index (κ3) is 6.88. The van der Waals surface area contributed by atoms with Gasteiger partial charge >= 0.3 is 0 Å². The molecular formula is C26H28Cl2F2N2. The lowest BCUT2D eigenvalue weighted by molar-refractivity contribution is 0.118. The van der Waals surface area contributed by atoms with Crippen molar-refractivity contribution >= 4 is 30.9 Å². The smallest absolute Gasteiger partial charge is 0.123 e. The number of halogens is 4. The van der Waals surface area contributed by atoms with Crippen LogP contribution in [0.5, 0.6) is 0 Å². The van der Waals surface area contributed by atoms with Gasteiger partial charge in [0.05, 0.1) is 6.04 Å². The quantitative estimate of drug-likeness (QED) is 0.409. The van der Waals surface area contributed by atoms with Crippen LogP contribution in [0.1, 0.15) is 33.7 Å². The summed E-state index contributed by atoms with van der Waals surface area (Å²) >= 11 is 0. The third-order valence-corrected chi connectivity index (χ3v) is 4.64. The number of piperazine rings is 1. The molecule has 3 aromatic carbocycles. The van der Waals surface area contributed by atoms with E-state index in [2.05, 4.69) is 0 Å². The lowest BCUT2D eigenvalue weighted by Crippen LogP contribution is -2.47. The van der Waals surface area contributed by atoms with Crippen LogP contribution in [-0.4, -0.2) is 42.3 Å². The third-order valence-electron chi connectivity index (χ3n) is 4.64. The van der Waals surface area contributed by atoms with Gasteiger partial charge in [0.2, 0.25) is 0 Å². The largest absolute Gasteiger partial charge is 0.297 e. The molecule has 1 saturated heterocycles. The van der Waals surface area contributed by atoms with E-state index in [1.165, 1.54) is 30.3 Å². The van der Waals surface area contributed by atoms with Gasteiger partial charge in [0.15, 0.2) is 0 Å². The second-order valence-electron chi connectivity index (χ2n) is 6.75. The molecule has 1 fully saturated rings. The molecule has 4 rings (SSSR count). The Morgan fingerprint density at radius 1 is 0.750 bits per heavy atom. The molecule has 0 aliphatic carbocycles. The van der Waals surface area contributed by atoms with Gasteiger partial charge in [-0.2, -0.15) is 0 Å². The van der Waals surface area contributed by atoms with Crippen molar-refractivity contribution in [1.82, 2.24) is 9.80 Å². The highest BCUT2D eigenvalue weighted by molar-refractivity contribution is 5.85. The summed E-state index contributed by atoms with van der Waals surface area (Å²) in [7, 11) is 0. The minimum atomic E-state index is -3.11. The molecule has 170 valence electrons. The fourth-order valence-corrected chi connectivity index (χ4v) is 3.14. The van der Waals surface area contributed by atoms with E-state index >= 15 is 0 Å². The summed E-state index contributed by atoms with van der Waals surface area (Å²) in [6, 6.07) is 17.0. The van der Waals surface area contributed by atoms with E-state index in [9.17, 15) is 8.78 Å². The predicted octanol–water partition coefficient (Wildman–Crippen LogP) is 6.23. The SMILES string of the molecule is Cl.Cl.[2H]C1([2H])N(C/C=C/c2ccccc2)C([2H])([2H])C([2H])([2H])N(C(c2ccc(F)cc2)c2ccc(F)cc2)C1([2H])[2H]. The van der Waals surface area contributed by atoms with Crippen LogP contribution in [0.4, 0.5) is 8.78 Å². The van der Waals surface area contributed by atoms with Crippen LogP contribution in [0.3, 0.4) is 0 Å². The Morgan fingerprint density at radius 3 is 1.75 bits per heavy atom. The van der Waals surface area contributed by atoms with E-state index in [4.69, 9.17) is 11.0 Å². The van der Waals surface area contributed by atoms with Crippen molar-refractivity contribution in [1.29, 1.82) is 0 Å². The van der Waals surface area contributed by atoms with Crippen LogP contribution in [-0.2, 0) is 0 Å². The second-order valence-corrected chi connectivity index (χ2v) is 6.75. The fourth-order valence-electron chi connectivity index (χ4n) is 3.14. The van der Waals surface area contributed by atoms with E-state index in [-0.39, 0.29) is 35.9 Å². The first-order valence-corrected chi connectivity index (χ1v) is 9.51. The van der Waals surface area contributed by atoms with Crippen molar-refractivity contribution in [3.8, 4) is 0 Å². The summed E-state index contributed by atoms with van der Waals surface area (Å²) in [6.07, 6.45) is 3.06. The van der Waals surface area contributed by atoms with Gasteiger partial charge in [0.25, 0.3) is 0 Å². The molecular weight excluding hydrogens is 449 g/mol. The van der Waals surface area contributed by atoms with Crippen molar-refractivity contribution in [2.24, 2.45) is 0 Å². The predicted molar refractivity (Wildman–Crippen MR) is 133 cm³/mol. The lowest BCUT2D eigenvalue weighted by atomic mass is 9.96. The zero-order chi connectivity index (χ0) is 27.9. The van der Waals surface area contributed by atoms with E-state index in [1.807, 2.05) is 6.07 Å². The lowest BCUT2D eigenvalue weighted by Gasteiger charge is -2.39. The van der Waals surface area contributed by atoms with Gasteiger partial charge < -0.3 is 0 Å². The van der Waals surface area contributed by atoms with Gasteiger partial charge in [-0.05, 0) is 41.0 Å². The Hall–Kier alpha value is -2.24. The molecule has 0 N–H and O–H groups in total. The molecule has 0 saturated carbocycles. The maximum absolute atomic E-state index is 13.7. The molecule has 6 heteroatoms. The van der Waals surface area contributed by atoms with Crippen LogP contribution in [0.2, 0.25) is 0 Å². The average Bonchev–Trinajstić information content (AvgIpc) is 2.85. The second kappa shape index (κ2) is 12.7. The summed E-state index contributed by atoms with van der Waals surface area (Å²) in [5.74, 6) is -1.20. The number of benzene rings is 3. The maximum atomic E-state index is 13.7. The minimum absolute atomic E-state index is 0. The van der Waals surface area contributed by atoms with Gasteiger partial charge in [-0.25, -0.2) is 8.78 Å². The van der Waals surface area contributed by atoms with Crippen molar-refractivity contribution in [2.45, 2.75) is 6.04 Å². The number of hydrogen-bond donors (Lipinski definition) is 0. The monoisotopic (exact) mass is 484 g/mol. The summed E-state index contributed by atoms with van der Waals surface area (Å²) in [5, 5.41) is 0. The highest BCUT2D eigenvalue weighted by Gasteiger charge is 2.26. The summed E-state index contributed by atoms with van der Waals surface area (Å²) in [5.41, 5.74) is 1.11. The Balaban J connectivity index is 0.00000280. The average molecular weight is 485 g/mol. The first kappa shape index (κ1) is 16.4. The van der Waals surface area contributed by atoms with Crippen molar-refractivity contribution in [3.63, 3.8) is 0 Å². The molecule has 0 bridgehead atoms. The van der Waals surface area contributed by atoms with Gasteiger partial charge in [-0.15, -0.1) is 24.8 Å². The highest BCUT2D eigenvalue weighted by Crippen LogP contribution is 2.30. The van der Waals surface area contributed by atoms with Crippen molar-refractivity contribution in [3.05, 3.63) is 113 Å². The molecule has 2 nitrogen and oxygen atoms in total. The molecule has 1 aliphatic heterocycles. The first-order valence-electron chi connectivity index (χ1n) is 13.5. The topological polar surface area (TPSA) is 6.48 Å². The molecule has 0 aromatic heterocycles. The van der Waals surface area contributed by atoms with Crippen LogP contribution in [0, 0.1) is 11.6 Å². The zero-order valence-corrected chi connectivity index (χ0v) is 18.5. The van der Waals surface area contributed by atoms with Crippen LogP contribution < -0.4 is 0 Å². The van der Waals surface area contributed by atoms with E-state index in [0.717, 1.165) is 29.8 Å². The molecule has 0 atom stereocenters. The van der Waals surface area contributed by atoms with Crippen LogP contribution in [0.15, 0.2) is 84.9 Å². The fraction of sp³-hybridized carbons (Fsp3) is 0.231. The molecule has 1 heterocycles. The zero-order valence-electron chi connectivity index (χ0n) is 24.9. The van der Waals surface area contributed by atoms with Crippen LogP contribution >= 0.6 is 24.8 Å². The summed E-state index contributed by atoms with van der Waals surface area (Å²) in [6.45, 7) is -12.7. The van der Waals surface area contributed by atoms with Crippen molar-refractivity contribution in [2.75, 3.05) is 32.5 Å². The Kier molecular flexibility index (Phi) is 6.51. The molecule has 3 aromatic rings.